The predicted molar refractivity (Wildman–Crippen MR) is 105 cm³/mol. The number of primary amides is 1. The average Bonchev–Trinajstić information content (AvgIpc) is 3.16. The van der Waals surface area contributed by atoms with Crippen molar-refractivity contribution in [3.63, 3.8) is 0 Å². The first-order chi connectivity index (χ1) is 11.9. The quantitative estimate of drug-likeness (QED) is 0.730. The smallest absolute Gasteiger partial charge is 0.263 e. The maximum atomic E-state index is 13.4. The van der Waals surface area contributed by atoms with Crippen LogP contribution in [0.1, 0.15) is 49.9 Å². The highest BCUT2D eigenvalue weighted by molar-refractivity contribution is 7.20. The molecule has 3 heterocycles. The van der Waals surface area contributed by atoms with E-state index >= 15 is 0 Å². The summed E-state index contributed by atoms with van der Waals surface area (Å²) in [6.07, 6.45) is 0.458. The average molecular weight is 376 g/mol. The van der Waals surface area contributed by atoms with E-state index in [9.17, 15) is 9.59 Å². The molecule has 0 radical (unpaired) electrons. The second-order valence-electron chi connectivity index (χ2n) is 6.32. The van der Waals surface area contributed by atoms with Crippen LogP contribution < -0.4 is 11.3 Å². The summed E-state index contributed by atoms with van der Waals surface area (Å²) < 4.78 is 1.51. The van der Waals surface area contributed by atoms with Crippen LogP contribution in [0.5, 0.6) is 0 Å². The molecule has 1 amide bonds. The summed E-state index contributed by atoms with van der Waals surface area (Å²) in [5.74, 6) is 0.123. The normalized spacial score (nSPS) is 12.8. The lowest BCUT2D eigenvalue weighted by molar-refractivity contribution is -0.121. The molecule has 0 spiro atoms. The van der Waals surface area contributed by atoms with Gasteiger partial charge in [0.25, 0.3) is 5.56 Å². The van der Waals surface area contributed by atoms with Gasteiger partial charge in [0, 0.05) is 21.2 Å². The third-order valence-electron chi connectivity index (χ3n) is 4.27. The maximum Gasteiger partial charge on any atom is 0.263 e. The van der Waals surface area contributed by atoms with E-state index < -0.39 is 11.9 Å². The second-order valence-corrected chi connectivity index (χ2v) is 8.47. The molecule has 0 fully saturated rings. The van der Waals surface area contributed by atoms with Gasteiger partial charge in [-0.15, -0.1) is 22.7 Å². The molecule has 0 saturated carbocycles. The van der Waals surface area contributed by atoms with Crippen LogP contribution in [0.25, 0.3) is 20.7 Å². The van der Waals surface area contributed by atoms with Gasteiger partial charge in [0.05, 0.1) is 5.39 Å². The minimum Gasteiger partial charge on any atom is -0.368 e. The van der Waals surface area contributed by atoms with E-state index in [0.717, 1.165) is 20.1 Å². The van der Waals surface area contributed by atoms with Gasteiger partial charge >= 0.3 is 0 Å². The van der Waals surface area contributed by atoms with Crippen molar-refractivity contribution in [2.45, 2.75) is 46.1 Å². The van der Waals surface area contributed by atoms with Crippen molar-refractivity contribution < 1.29 is 4.79 Å². The highest BCUT2D eigenvalue weighted by atomic mass is 32.1. The topological polar surface area (TPSA) is 78.0 Å². The van der Waals surface area contributed by atoms with Gasteiger partial charge in [-0.05, 0) is 24.8 Å². The first-order valence-electron chi connectivity index (χ1n) is 8.25. The van der Waals surface area contributed by atoms with Crippen LogP contribution >= 0.6 is 22.7 Å². The molecule has 3 rings (SSSR count). The number of fused-ring (bicyclic) bond motifs is 1. The highest BCUT2D eigenvalue weighted by Crippen LogP contribution is 2.38. The number of aromatic nitrogens is 2. The molecule has 1 unspecified atom stereocenters. The molecule has 0 aromatic carbocycles. The molecule has 25 heavy (non-hydrogen) atoms. The number of nitrogens with zero attached hydrogens (tertiary/aromatic N) is 2. The molecule has 0 aliphatic rings. The van der Waals surface area contributed by atoms with Crippen molar-refractivity contribution in [1.29, 1.82) is 0 Å². The van der Waals surface area contributed by atoms with Crippen LogP contribution in [-0.4, -0.2) is 15.5 Å². The third-order valence-corrected chi connectivity index (χ3v) is 6.16. The summed E-state index contributed by atoms with van der Waals surface area (Å²) in [4.78, 5) is 32.9. The Bertz CT molecular complexity index is 984. The van der Waals surface area contributed by atoms with Gasteiger partial charge in [-0.3, -0.25) is 14.2 Å². The number of carbonyl (C=O) groups excluding carboxylic acids is 1. The van der Waals surface area contributed by atoms with Crippen molar-refractivity contribution in [2.24, 2.45) is 5.73 Å². The molecule has 132 valence electrons. The third kappa shape index (κ3) is 2.91. The number of thiophene rings is 2. The minimum atomic E-state index is -0.682. The van der Waals surface area contributed by atoms with Gasteiger partial charge in [-0.2, -0.15) is 0 Å². The fourth-order valence-corrected chi connectivity index (χ4v) is 5.06. The van der Waals surface area contributed by atoms with Crippen LogP contribution in [0, 0.1) is 6.92 Å². The van der Waals surface area contributed by atoms with E-state index in [-0.39, 0.29) is 11.5 Å². The van der Waals surface area contributed by atoms with Crippen LogP contribution in [0.3, 0.4) is 0 Å². The van der Waals surface area contributed by atoms with Gasteiger partial charge in [-0.25, -0.2) is 4.98 Å². The van der Waals surface area contributed by atoms with Crippen LogP contribution in [0.4, 0.5) is 0 Å². The van der Waals surface area contributed by atoms with E-state index in [0.29, 0.717) is 17.6 Å². The monoisotopic (exact) mass is 375 g/mol. The molecule has 0 aliphatic carbocycles. The van der Waals surface area contributed by atoms with Gasteiger partial charge in [-0.1, -0.05) is 26.8 Å². The summed E-state index contributed by atoms with van der Waals surface area (Å²) in [5.41, 5.74) is 6.33. The predicted octanol–water partition coefficient (Wildman–Crippen LogP) is 4.05. The lowest BCUT2D eigenvalue weighted by Crippen LogP contribution is -2.36. The maximum absolute atomic E-state index is 13.4. The first kappa shape index (κ1) is 17.8. The molecule has 0 aliphatic heterocycles. The molecule has 0 saturated heterocycles. The minimum absolute atomic E-state index is 0.0121. The number of hydrogen-bond acceptors (Lipinski definition) is 5. The van der Waals surface area contributed by atoms with E-state index in [1.807, 2.05) is 45.2 Å². The van der Waals surface area contributed by atoms with E-state index in [1.54, 1.807) is 11.3 Å². The second kappa shape index (κ2) is 6.72. The van der Waals surface area contributed by atoms with Crippen molar-refractivity contribution in [3.05, 3.63) is 38.6 Å². The Balaban J connectivity index is 2.44. The first-order valence-corrected chi connectivity index (χ1v) is 9.95. The standard InChI is InChI=1S/C18H21N3O2S2/c1-5-11(15(19)22)21-16(9(2)3)20-17-14(18(21)23)13(10(4)25-17)12-7-6-8-24-12/h6-9,11H,5H2,1-4H3,(H2,19,22). The molecule has 2 N–H and O–H groups in total. The lowest BCUT2D eigenvalue weighted by Gasteiger charge is -2.21. The van der Waals surface area contributed by atoms with Gasteiger partial charge in [0.15, 0.2) is 0 Å². The molecular formula is C18H21N3O2S2. The van der Waals surface area contributed by atoms with E-state index in [4.69, 9.17) is 10.7 Å². The van der Waals surface area contributed by atoms with Gasteiger partial charge in [0.2, 0.25) is 5.91 Å². The molecule has 3 aromatic rings. The van der Waals surface area contributed by atoms with Crippen molar-refractivity contribution in [2.75, 3.05) is 0 Å². The molecule has 0 bridgehead atoms. The zero-order valence-electron chi connectivity index (χ0n) is 14.7. The van der Waals surface area contributed by atoms with E-state index in [1.165, 1.54) is 15.9 Å². The van der Waals surface area contributed by atoms with Crippen molar-refractivity contribution in [1.82, 2.24) is 9.55 Å². The van der Waals surface area contributed by atoms with Crippen LogP contribution in [-0.2, 0) is 4.79 Å². The zero-order chi connectivity index (χ0) is 18.3. The SMILES string of the molecule is CCC(C(N)=O)n1c(C(C)C)nc2sc(C)c(-c3cccs3)c2c1=O. The molecular weight excluding hydrogens is 354 g/mol. The Morgan fingerprint density at radius 1 is 1.40 bits per heavy atom. The highest BCUT2D eigenvalue weighted by Gasteiger charge is 2.26. The Kier molecular flexibility index (Phi) is 4.79. The fourth-order valence-electron chi connectivity index (χ4n) is 3.13. The fraction of sp³-hybridized carbons (Fsp3) is 0.389. The van der Waals surface area contributed by atoms with Crippen LogP contribution in [0.2, 0.25) is 0 Å². The number of rotatable bonds is 5. The number of aryl methyl sites for hydroxylation is 1. The number of nitrogens with two attached hydrogens (primary N) is 1. The molecule has 5 nitrogen and oxygen atoms in total. The van der Waals surface area contributed by atoms with Crippen molar-refractivity contribution >= 4 is 38.8 Å². The Labute approximate surface area is 154 Å². The van der Waals surface area contributed by atoms with Crippen molar-refractivity contribution in [3.8, 4) is 10.4 Å². The number of carbonyl (C=O) groups is 1. The summed E-state index contributed by atoms with van der Waals surface area (Å²) in [6, 6.07) is 3.29. The Morgan fingerprint density at radius 2 is 2.12 bits per heavy atom. The largest absolute Gasteiger partial charge is 0.368 e. The Hall–Kier alpha value is -1.99. The van der Waals surface area contributed by atoms with Gasteiger partial charge in [0.1, 0.15) is 16.7 Å². The summed E-state index contributed by atoms with van der Waals surface area (Å²) in [5, 5.41) is 2.58. The summed E-state index contributed by atoms with van der Waals surface area (Å²) in [7, 11) is 0. The molecule has 7 heteroatoms. The van der Waals surface area contributed by atoms with Gasteiger partial charge < -0.3 is 5.73 Å². The summed E-state index contributed by atoms with van der Waals surface area (Å²) >= 11 is 3.12. The van der Waals surface area contributed by atoms with Crippen LogP contribution in [0.15, 0.2) is 22.3 Å². The lowest BCUT2D eigenvalue weighted by atomic mass is 10.1. The van der Waals surface area contributed by atoms with E-state index in [2.05, 4.69) is 0 Å². The Morgan fingerprint density at radius 3 is 2.64 bits per heavy atom. The summed E-state index contributed by atoms with van der Waals surface area (Å²) in [6.45, 7) is 7.80. The number of amides is 1. The molecule has 1 atom stereocenters. The zero-order valence-corrected chi connectivity index (χ0v) is 16.3. The molecule has 3 aromatic heterocycles. The number of hydrogen-bond donors (Lipinski definition) is 1.